The van der Waals surface area contributed by atoms with Gasteiger partial charge in [0.1, 0.15) is 0 Å². The molecule has 18 heavy (non-hydrogen) atoms. The van der Waals surface area contributed by atoms with Crippen LogP contribution in [0.25, 0.3) is 0 Å². The van der Waals surface area contributed by atoms with E-state index < -0.39 is 0 Å². The SMILES string of the molecule is CCCNCc1ccc(COC(C)C(C)C)cc1. The van der Waals surface area contributed by atoms with Gasteiger partial charge in [-0.25, -0.2) is 0 Å². The van der Waals surface area contributed by atoms with Crippen LogP contribution >= 0.6 is 0 Å². The Morgan fingerprint density at radius 2 is 1.67 bits per heavy atom. The zero-order valence-corrected chi connectivity index (χ0v) is 12.2. The lowest BCUT2D eigenvalue weighted by Gasteiger charge is -2.16. The van der Waals surface area contributed by atoms with Crippen molar-refractivity contribution in [2.75, 3.05) is 6.54 Å². The molecule has 0 aliphatic rings. The summed E-state index contributed by atoms with van der Waals surface area (Å²) in [6.45, 7) is 11.4. The van der Waals surface area contributed by atoms with Crippen molar-refractivity contribution in [2.24, 2.45) is 5.92 Å². The second kappa shape index (κ2) is 8.28. The van der Waals surface area contributed by atoms with E-state index in [9.17, 15) is 0 Å². The molecule has 0 spiro atoms. The minimum Gasteiger partial charge on any atom is -0.374 e. The number of rotatable bonds is 8. The van der Waals surface area contributed by atoms with Crippen molar-refractivity contribution < 1.29 is 4.74 Å². The summed E-state index contributed by atoms with van der Waals surface area (Å²) in [5, 5.41) is 3.40. The van der Waals surface area contributed by atoms with Crippen LogP contribution < -0.4 is 5.32 Å². The molecule has 2 nitrogen and oxygen atoms in total. The van der Waals surface area contributed by atoms with E-state index in [0.29, 0.717) is 18.6 Å². The summed E-state index contributed by atoms with van der Waals surface area (Å²) < 4.78 is 5.81. The lowest BCUT2D eigenvalue weighted by Crippen LogP contribution is -2.15. The number of ether oxygens (including phenoxy) is 1. The fourth-order valence-electron chi connectivity index (χ4n) is 1.58. The lowest BCUT2D eigenvalue weighted by atomic mass is 10.1. The van der Waals surface area contributed by atoms with Crippen molar-refractivity contribution in [3.63, 3.8) is 0 Å². The Bertz CT molecular complexity index is 318. The molecule has 0 aliphatic heterocycles. The third-order valence-corrected chi connectivity index (χ3v) is 3.23. The topological polar surface area (TPSA) is 21.3 Å². The second-order valence-electron chi connectivity index (χ2n) is 5.25. The van der Waals surface area contributed by atoms with E-state index in [-0.39, 0.29) is 0 Å². The van der Waals surface area contributed by atoms with Gasteiger partial charge in [0.2, 0.25) is 0 Å². The van der Waals surface area contributed by atoms with Crippen LogP contribution in [-0.2, 0) is 17.9 Å². The van der Waals surface area contributed by atoms with Crippen LogP contribution in [0, 0.1) is 5.92 Å². The number of hydrogen-bond acceptors (Lipinski definition) is 2. The average Bonchev–Trinajstić information content (AvgIpc) is 2.37. The molecule has 1 unspecified atom stereocenters. The van der Waals surface area contributed by atoms with E-state index in [4.69, 9.17) is 4.74 Å². The van der Waals surface area contributed by atoms with Gasteiger partial charge in [0.15, 0.2) is 0 Å². The number of benzene rings is 1. The first-order valence-corrected chi connectivity index (χ1v) is 7.03. The molecule has 0 bridgehead atoms. The van der Waals surface area contributed by atoms with Crippen molar-refractivity contribution >= 4 is 0 Å². The van der Waals surface area contributed by atoms with Crippen LogP contribution in [0.15, 0.2) is 24.3 Å². The van der Waals surface area contributed by atoms with Gasteiger partial charge in [-0.1, -0.05) is 45.0 Å². The van der Waals surface area contributed by atoms with Gasteiger partial charge in [-0.15, -0.1) is 0 Å². The fraction of sp³-hybridized carbons (Fsp3) is 0.625. The highest BCUT2D eigenvalue weighted by Gasteiger charge is 2.06. The predicted octanol–water partition coefficient (Wildman–Crippen LogP) is 3.75. The molecule has 0 radical (unpaired) electrons. The van der Waals surface area contributed by atoms with Crippen LogP contribution in [0.1, 0.15) is 45.2 Å². The van der Waals surface area contributed by atoms with Gasteiger partial charge in [-0.05, 0) is 36.9 Å². The monoisotopic (exact) mass is 249 g/mol. The Morgan fingerprint density at radius 3 is 2.22 bits per heavy atom. The highest BCUT2D eigenvalue weighted by Crippen LogP contribution is 2.10. The van der Waals surface area contributed by atoms with Crippen LogP contribution in [-0.4, -0.2) is 12.6 Å². The Kier molecular flexibility index (Phi) is 6.99. The molecule has 0 saturated heterocycles. The molecule has 0 amide bonds. The normalized spacial score (nSPS) is 12.9. The second-order valence-corrected chi connectivity index (χ2v) is 5.25. The van der Waals surface area contributed by atoms with Crippen LogP contribution in [0.2, 0.25) is 0 Å². The largest absolute Gasteiger partial charge is 0.374 e. The summed E-state index contributed by atoms with van der Waals surface area (Å²) in [5.74, 6) is 0.572. The maximum atomic E-state index is 5.81. The van der Waals surface area contributed by atoms with Crippen molar-refractivity contribution in [1.29, 1.82) is 0 Å². The van der Waals surface area contributed by atoms with Gasteiger partial charge in [0.05, 0.1) is 12.7 Å². The first-order valence-electron chi connectivity index (χ1n) is 7.03. The maximum absolute atomic E-state index is 5.81. The molecule has 1 rings (SSSR count). The molecule has 1 atom stereocenters. The third-order valence-electron chi connectivity index (χ3n) is 3.23. The van der Waals surface area contributed by atoms with Crippen molar-refractivity contribution in [2.45, 2.75) is 53.4 Å². The molecule has 0 fully saturated rings. The fourth-order valence-corrected chi connectivity index (χ4v) is 1.58. The summed E-state index contributed by atoms with van der Waals surface area (Å²) in [4.78, 5) is 0. The van der Waals surface area contributed by atoms with E-state index in [0.717, 1.165) is 13.1 Å². The first-order chi connectivity index (χ1) is 8.63. The summed E-state index contributed by atoms with van der Waals surface area (Å²) in [5.41, 5.74) is 2.59. The molecular formula is C16H27NO. The quantitative estimate of drug-likeness (QED) is 0.709. The molecular weight excluding hydrogens is 222 g/mol. The number of nitrogens with one attached hydrogen (secondary N) is 1. The molecule has 0 aromatic heterocycles. The Hall–Kier alpha value is -0.860. The molecule has 1 aromatic carbocycles. The van der Waals surface area contributed by atoms with Crippen molar-refractivity contribution in [1.82, 2.24) is 5.32 Å². The van der Waals surface area contributed by atoms with E-state index in [2.05, 4.69) is 57.3 Å². The Balaban J connectivity index is 2.35. The summed E-state index contributed by atoms with van der Waals surface area (Å²) in [7, 11) is 0. The summed E-state index contributed by atoms with van der Waals surface area (Å²) in [6.07, 6.45) is 1.50. The molecule has 0 saturated carbocycles. The Labute approximate surface area is 112 Å². The summed E-state index contributed by atoms with van der Waals surface area (Å²) in [6, 6.07) is 8.69. The molecule has 102 valence electrons. The highest BCUT2D eigenvalue weighted by molar-refractivity contribution is 5.21. The zero-order chi connectivity index (χ0) is 13.4. The minimum absolute atomic E-state index is 0.316. The van der Waals surface area contributed by atoms with Crippen molar-refractivity contribution in [3.05, 3.63) is 35.4 Å². The average molecular weight is 249 g/mol. The van der Waals surface area contributed by atoms with E-state index >= 15 is 0 Å². The number of hydrogen-bond donors (Lipinski definition) is 1. The van der Waals surface area contributed by atoms with Gasteiger partial charge in [-0.2, -0.15) is 0 Å². The van der Waals surface area contributed by atoms with Gasteiger partial charge in [0.25, 0.3) is 0 Å². The molecule has 2 heteroatoms. The molecule has 0 aliphatic carbocycles. The predicted molar refractivity (Wildman–Crippen MR) is 77.5 cm³/mol. The van der Waals surface area contributed by atoms with E-state index in [1.807, 2.05) is 0 Å². The minimum atomic E-state index is 0.316. The van der Waals surface area contributed by atoms with Gasteiger partial charge < -0.3 is 10.1 Å². The van der Waals surface area contributed by atoms with E-state index in [1.165, 1.54) is 17.5 Å². The first kappa shape index (κ1) is 15.2. The maximum Gasteiger partial charge on any atom is 0.0720 e. The van der Waals surface area contributed by atoms with Crippen LogP contribution in [0.5, 0.6) is 0 Å². The summed E-state index contributed by atoms with van der Waals surface area (Å²) >= 11 is 0. The zero-order valence-electron chi connectivity index (χ0n) is 12.2. The van der Waals surface area contributed by atoms with Gasteiger partial charge >= 0.3 is 0 Å². The molecule has 1 aromatic rings. The van der Waals surface area contributed by atoms with Gasteiger partial charge in [-0.3, -0.25) is 0 Å². The molecule has 1 N–H and O–H groups in total. The Morgan fingerprint density at radius 1 is 1.06 bits per heavy atom. The third kappa shape index (κ3) is 5.65. The van der Waals surface area contributed by atoms with Crippen molar-refractivity contribution in [3.8, 4) is 0 Å². The highest BCUT2D eigenvalue weighted by atomic mass is 16.5. The lowest BCUT2D eigenvalue weighted by molar-refractivity contribution is 0.0235. The van der Waals surface area contributed by atoms with Crippen LogP contribution in [0.4, 0.5) is 0 Å². The van der Waals surface area contributed by atoms with E-state index in [1.54, 1.807) is 0 Å². The molecule has 0 heterocycles. The van der Waals surface area contributed by atoms with Gasteiger partial charge in [0, 0.05) is 6.54 Å². The smallest absolute Gasteiger partial charge is 0.0720 e. The standard InChI is InChI=1S/C16H27NO/c1-5-10-17-11-15-6-8-16(9-7-15)12-18-14(4)13(2)3/h6-9,13-14,17H,5,10-12H2,1-4H3. The van der Waals surface area contributed by atoms with Crippen LogP contribution in [0.3, 0.4) is 0 Å².